The molecule has 0 saturated heterocycles. The van der Waals surface area contributed by atoms with Crippen LogP contribution in [0.15, 0.2) is 255 Å². The Morgan fingerprint density at radius 1 is 0.266 bits per heavy atom. The predicted octanol–water partition coefficient (Wildman–Crippen LogP) is 17.2. The summed E-state index contributed by atoms with van der Waals surface area (Å²) in [5, 5.41) is 7.53. The zero-order valence-electron chi connectivity index (χ0n) is 35.1. The van der Waals surface area contributed by atoms with Crippen molar-refractivity contribution in [3.63, 3.8) is 0 Å². The van der Waals surface area contributed by atoms with Gasteiger partial charge in [0, 0.05) is 33.4 Å². The Kier molecular flexibility index (Phi) is 9.20. The number of fused-ring (bicyclic) bond motifs is 6. The Labute approximate surface area is 373 Å². The van der Waals surface area contributed by atoms with E-state index in [0.717, 1.165) is 28.3 Å². The van der Waals surface area contributed by atoms with Crippen LogP contribution in [0.2, 0.25) is 0 Å². The SMILES string of the molecule is c1ccc(-c2ccc(N(c3ccc(-c4ccccc4-n4c5ccccc5c5c6ccccc6ccc54)cc3)c3ccc(-c4ccccc4)c(-c4cccc5ccccc45)c3)cc2)cc1. The second-order valence-corrected chi connectivity index (χ2v) is 16.5. The first kappa shape index (κ1) is 37.3. The minimum absolute atomic E-state index is 1.08. The molecular formula is C62H42N2. The van der Waals surface area contributed by atoms with Gasteiger partial charge in [0.2, 0.25) is 0 Å². The van der Waals surface area contributed by atoms with Crippen molar-refractivity contribution < 1.29 is 0 Å². The van der Waals surface area contributed by atoms with Gasteiger partial charge in [0.05, 0.1) is 16.7 Å². The van der Waals surface area contributed by atoms with Crippen molar-refractivity contribution in [2.45, 2.75) is 0 Å². The highest BCUT2D eigenvalue weighted by molar-refractivity contribution is 6.21. The van der Waals surface area contributed by atoms with Crippen LogP contribution < -0.4 is 4.90 Å². The smallest absolute Gasteiger partial charge is 0.0547 e. The van der Waals surface area contributed by atoms with Crippen LogP contribution in [0.4, 0.5) is 17.1 Å². The first-order valence-corrected chi connectivity index (χ1v) is 22.0. The lowest BCUT2D eigenvalue weighted by Gasteiger charge is -2.27. The number of hydrogen-bond donors (Lipinski definition) is 0. The second-order valence-electron chi connectivity index (χ2n) is 16.5. The van der Waals surface area contributed by atoms with Crippen LogP contribution in [0.25, 0.3) is 93.5 Å². The zero-order valence-corrected chi connectivity index (χ0v) is 35.1. The molecular weight excluding hydrogens is 773 g/mol. The number of para-hydroxylation sites is 2. The minimum atomic E-state index is 1.08. The number of nitrogens with zero attached hydrogens (tertiary/aromatic N) is 2. The molecule has 2 nitrogen and oxygen atoms in total. The summed E-state index contributed by atoms with van der Waals surface area (Å²) in [6.07, 6.45) is 0. The third-order valence-electron chi connectivity index (χ3n) is 12.8. The quantitative estimate of drug-likeness (QED) is 0.148. The van der Waals surface area contributed by atoms with Crippen LogP contribution in [0.1, 0.15) is 0 Å². The van der Waals surface area contributed by atoms with Crippen LogP contribution >= 0.6 is 0 Å². The van der Waals surface area contributed by atoms with E-state index in [9.17, 15) is 0 Å². The van der Waals surface area contributed by atoms with Crippen molar-refractivity contribution in [3.8, 4) is 50.2 Å². The molecule has 64 heavy (non-hydrogen) atoms. The fourth-order valence-corrected chi connectivity index (χ4v) is 9.81. The highest BCUT2D eigenvalue weighted by atomic mass is 15.1. The number of anilines is 3. The van der Waals surface area contributed by atoms with E-state index in [1.54, 1.807) is 0 Å². The Bertz CT molecular complexity index is 3640. The molecule has 0 atom stereocenters. The standard InChI is InChI=1S/C62H42N2/c1-3-16-43(17-4-1)44-30-35-49(36-31-44)63(51-39-40-53(45-18-5-2-6-19-45)58(42-51)56-27-15-22-46-20-7-9-23-52(46)56)50-37-32-48(33-38-50)54-24-11-13-28-59(54)64-60-29-14-12-26-57(60)62-55-25-10-8-21-47(55)34-41-61(62)64/h1-42H. The monoisotopic (exact) mass is 814 g/mol. The molecule has 300 valence electrons. The normalized spacial score (nSPS) is 11.4. The molecule has 0 fully saturated rings. The molecule has 0 bridgehead atoms. The maximum absolute atomic E-state index is 2.45. The molecule has 0 spiro atoms. The van der Waals surface area contributed by atoms with E-state index in [2.05, 4.69) is 264 Å². The van der Waals surface area contributed by atoms with Gasteiger partial charge >= 0.3 is 0 Å². The van der Waals surface area contributed by atoms with Gasteiger partial charge in [-0.1, -0.05) is 200 Å². The third-order valence-corrected chi connectivity index (χ3v) is 12.8. The Morgan fingerprint density at radius 2 is 0.781 bits per heavy atom. The predicted molar refractivity (Wildman–Crippen MR) is 272 cm³/mol. The van der Waals surface area contributed by atoms with E-state index in [1.165, 1.54) is 82.3 Å². The number of benzene rings is 11. The lowest BCUT2D eigenvalue weighted by atomic mass is 9.90. The molecule has 0 aliphatic rings. The van der Waals surface area contributed by atoms with Crippen molar-refractivity contribution >= 4 is 60.4 Å². The van der Waals surface area contributed by atoms with Crippen molar-refractivity contribution in [2.24, 2.45) is 0 Å². The number of aromatic nitrogens is 1. The van der Waals surface area contributed by atoms with Crippen molar-refractivity contribution in [2.75, 3.05) is 4.90 Å². The van der Waals surface area contributed by atoms with E-state index >= 15 is 0 Å². The molecule has 0 unspecified atom stereocenters. The van der Waals surface area contributed by atoms with E-state index in [0.29, 0.717) is 0 Å². The topological polar surface area (TPSA) is 8.17 Å². The summed E-state index contributed by atoms with van der Waals surface area (Å²) in [6, 6.07) is 92.7. The van der Waals surface area contributed by atoms with E-state index < -0.39 is 0 Å². The minimum Gasteiger partial charge on any atom is -0.310 e. The molecule has 12 aromatic rings. The van der Waals surface area contributed by atoms with Crippen LogP contribution in [0, 0.1) is 0 Å². The van der Waals surface area contributed by atoms with Gasteiger partial charge in [-0.25, -0.2) is 0 Å². The molecule has 1 aromatic heterocycles. The first-order valence-electron chi connectivity index (χ1n) is 22.0. The molecule has 0 aliphatic heterocycles. The molecule has 0 N–H and O–H groups in total. The van der Waals surface area contributed by atoms with Crippen LogP contribution in [0.3, 0.4) is 0 Å². The summed E-state index contributed by atoms with van der Waals surface area (Å²) in [5.74, 6) is 0. The fourth-order valence-electron chi connectivity index (χ4n) is 9.81. The largest absolute Gasteiger partial charge is 0.310 e. The summed E-state index contributed by atoms with van der Waals surface area (Å²) >= 11 is 0. The highest BCUT2D eigenvalue weighted by Crippen LogP contribution is 2.44. The Hall–Kier alpha value is -8.46. The molecule has 0 aliphatic carbocycles. The zero-order chi connectivity index (χ0) is 42.4. The van der Waals surface area contributed by atoms with Gasteiger partial charge in [-0.2, -0.15) is 0 Å². The van der Waals surface area contributed by atoms with Crippen LogP contribution in [-0.2, 0) is 0 Å². The summed E-state index contributed by atoms with van der Waals surface area (Å²) in [6.45, 7) is 0. The molecule has 0 amide bonds. The van der Waals surface area contributed by atoms with Gasteiger partial charge in [0.1, 0.15) is 0 Å². The lowest BCUT2D eigenvalue weighted by molar-refractivity contribution is 1.18. The van der Waals surface area contributed by atoms with Crippen molar-refractivity contribution in [1.29, 1.82) is 0 Å². The fraction of sp³-hybridized carbons (Fsp3) is 0. The van der Waals surface area contributed by atoms with Crippen LogP contribution in [-0.4, -0.2) is 4.57 Å². The third kappa shape index (κ3) is 6.44. The van der Waals surface area contributed by atoms with Gasteiger partial charge in [-0.3, -0.25) is 0 Å². The molecule has 0 saturated carbocycles. The second kappa shape index (κ2) is 15.8. The van der Waals surface area contributed by atoms with Gasteiger partial charge in [-0.15, -0.1) is 0 Å². The van der Waals surface area contributed by atoms with Gasteiger partial charge in [0.15, 0.2) is 0 Å². The Morgan fingerprint density at radius 3 is 1.53 bits per heavy atom. The molecule has 1 heterocycles. The maximum Gasteiger partial charge on any atom is 0.0547 e. The Balaban J connectivity index is 1.02. The van der Waals surface area contributed by atoms with E-state index in [-0.39, 0.29) is 0 Å². The number of rotatable bonds is 8. The van der Waals surface area contributed by atoms with Crippen LogP contribution in [0.5, 0.6) is 0 Å². The van der Waals surface area contributed by atoms with Gasteiger partial charge in [-0.05, 0) is 115 Å². The summed E-state index contributed by atoms with van der Waals surface area (Å²) in [4.78, 5) is 2.39. The van der Waals surface area contributed by atoms with E-state index in [4.69, 9.17) is 0 Å². The maximum atomic E-state index is 2.45. The van der Waals surface area contributed by atoms with Crippen molar-refractivity contribution in [1.82, 2.24) is 4.57 Å². The summed E-state index contributed by atoms with van der Waals surface area (Å²) in [7, 11) is 0. The van der Waals surface area contributed by atoms with Gasteiger partial charge < -0.3 is 9.47 Å². The average molecular weight is 815 g/mol. The van der Waals surface area contributed by atoms with Gasteiger partial charge in [0.25, 0.3) is 0 Å². The molecule has 12 rings (SSSR count). The summed E-state index contributed by atoms with van der Waals surface area (Å²) in [5.41, 5.74) is 16.3. The molecule has 0 radical (unpaired) electrons. The lowest BCUT2D eigenvalue weighted by Crippen LogP contribution is -2.10. The van der Waals surface area contributed by atoms with Crippen molar-refractivity contribution in [3.05, 3.63) is 255 Å². The molecule has 11 aromatic carbocycles. The average Bonchev–Trinajstić information content (AvgIpc) is 3.72. The molecule has 2 heteroatoms. The first-order chi connectivity index (χ1) is 31.8. The van der Waals surface area contributed by atoms with E-state index in [1.807, 2.05) is 0 Å². The number of hydrogen-bond acceptors (Lipinski definition) is 1. The summed E-state index contributed by atoms with van der Waals surface area (Å²) < 4.78 is 2.45. The highest BCUT2D eigenvalue weighted by Gasteiger charge is 2.20.